The normalized spacial score (nSPS) is 11.7. The Bertz CT molecular complexity index is 929. The highest BCUT2D eigenvalue weighted by Gasteiger charge is 2.15. The minimum absolute atomic E-state index is 0.0896. The molecule has 0 radical (unpaired) electrons. The number of ether oxygens (including phenoxy) is 13. The number of nitrogens with one attached hydrogen (secondary N) is 3. The van der Waals surface area contributed by atoms with Crippen LogP contribution in [-0.4, -0.2) is 208 Å². The Morgan fingerprint density at radius 3 is 1.10 bits per heavy atom. The van der Waals surface area contributed by atoms with E-state index >= 15 is 0 Å². The summed E-state index contributed by atoms with van der Waals surface area (Å²) < 4.78 is 71.4. The first kappa shape index (κ1) is 58.9. The van der Waals surface area contributed by atoms with E-state index < -0.39 is 6.04 Å². The summed E-state index contributed by atoms with van der Waals surface area (Å²) in [5.41, 5.74) is 0. The van der Waals surface area contributed by atoms with Crippen LogP contribution in [0.1, 0.15) is 60.8 Å². The van der Waals surface area contributed by atoms with Gasteiger partial charge in [-0.1, -0.05) is 13.8 Å². The summed E-state index contributed by atoms with van der Waals surface area (Å²) >= 11 is 0. The zero-order chi connectivity index (χ0) is 44.9. The summed E-state index contributed by atoms with van der Waals surface area (Å²) in [7, 11) is 0. The Morgan fingerprint density at radius 2 is 0.721 bits per heavy atom. The molecule has 19 heteroatoms. The van der Waals surface area contributed by atoms with E-state index in [1.54, 1.807) is 0 Å². The third kappa shape index (κ3) is 48.8. The van der Waals surface area contributed by atoms with Crippen molar-refractivity contribution in [3.05, 3.63) is 0 Å². The van der Waals surface area contributed by atoms with Crippen molar-refractivity contribution in [3.8, 4) is 0 Å². The fourth-order valence-electron chi connectivity index (χ4n) is 4.58. The van der Waals surface area contributed by atoms with Crippen molar-refractivity contribution in [1.29, 1.82) is 0 Å². The Labute approximate surface area is 365 Å². The van der Waals surface area contributed by atoms with E-state index in [0.29, 0.717) is 138 Å². The molecule has 0 spiro atoms. The second-order valence-electron chi connectivity index (χ2n) is 14.6. The lowest BCUT2D eigenvalue weighted by atomic mass is 10.1. The van der Waals surface area contributed by atoms with Gasteiger partial charge in [0.1, 0.15) is 6.61 Å². The molecule has 3 N–H and O–H groups in total. The van der Waals surface area contributed by atoms with Gasteiger partial charge in [-0.25, -0.2) is 0 Å². The summed E-state index contributed by atoms with van der Waals surface area (Å²) in [6, 6.07) is -0.538. The molecular formula is C42H83N3O16. The molecule has 0 rings (SSSR count). The van der Waals surface area contributed by atoms with Gasteiger partial charge in [0.2, 0.25) is 17.7 Å². The van der Waals surface area contributed by atoms with Crippen LogP contribution in [0, 0.1) is 5.92 Å². The van der Waals surface area contributed by atoms with E-state index in [-0.39, 0.29) is 82.4 Å². The smallest absolute Gasteiger partial charge is 0.246 e. The summed E-state index contributed by atoms with van der Waals surface area (Å²) in [4.78, 5) is 37.2. The van der Waals surface area contributed by atoms with E-state index in [2.05, 4.69) is 29.8 Å². The first-order valence-electron chi connectivity index (χ1n) is 22.0. The van der Waals surface area contributed by atoms with E-state index in [4.69, 9.17) is 61.6 Å². The molecule has 0 aromatic carbocycles. The number of hydrogen-bond acceptors (Lipinski definition) is 16. The maximum atomic E-state index is 12.6. The maximum Gasteiger partial charge on any atom is 0.246 e. The molecule has 0 saturated carbocycles. The summed E-state index contributed by atoms with van der Waals surface area (Å²) in [6.07, 6.45) is 1.63. The van der Waals surface area contributed by atoms with Gasteiger partial charge in [-0.15, -0.1) is 0 Å². The van der Waals surface area contributed by atoms with Crippen molar-refractivity contribution in [1.82, 2.24) is 16.0 Å². The molecule has 0 fully saturated rings. The quantitative estimate of drug-likeness (QED) is 0.0742. The zero-order valence-corrected chi connectivity index (χ0v) is 38.3. The molecule has 61 heavy (non-hydrogen) atoms. The first-order valence-corrected chi connectivity index (χ1v) is 22.0. The first-order chi connectivity index (χ1) is 29.6. The molecule has 3 amide bonds. The van der Waals surface area contributed by atoms with Crippen LogP contribution in [0.5, 0.6) is 0 Å². The number of amides is 3. The van der Waals surface area contributed by atoms with Crippen LogP contribution in [0.2, 0.25) is 0 Å². The van der Waals surface area contributed by atoms with E-state index in [9.17, 15) is 14.4 Å². The van der Waals surface area contributed by atoms with E-state index in [1.807, 2.05) is 27.7 Å². The summed E-state index contributed by atoms with van der Waals surface area (Å²) in [5.74, 6) is -0.153. The largest absolute Gasteiger partial charge is 0.379 e. The lowest BCUT2D eigenvalue weighted by Gasteiger charge is -2.19. The number of carbonyl (C=O) groups excluding carboxylic acids is 3. The number of carbonyl (C=O) groups is 3. The molecule has 0 aliphatic heterocycles. The van der Waals surface area contributed by atoms with Gasteiger partial charge in [-0.2, -0.15) is 0 Å². The fourth-order valence-corrected chi connectivity index (χ4v) is 4.58. The van der Waals surface area contributed by atoms with Crippen molar-refractivity contribution < 1.29 is 76.0 Å². The van der Waals surface area contributed by atoms with Gasteiger partial charge in [-0.05, 0) is 40.0 Å². The predicted octanol–water partition coefficient (Wildman–Crippen LogP) is 1.56. The van der Waals surface area contributed by atoms with Gasteiger partial charge in [0.25, 0.3) is 0 Å². The third-order valence-corrected chi connectivity index (χ3v) is 7.75. The van der Waals surface area contributed by atoms with Crippen molar-refractivity contribution in [2.75, 3.05) is 172 Å². The van der Waals surface area contributed by atoms with Gasteiger partial charge in [0.05, 0.1) is 164 Å². The third-order valence-electron chi connectivity index (χ3n) is 7.75. The molecule has 0 aliphatic carbocycles. The summed E-state index contributed by atoms with van der Waals surface area (Å²) in [5, 5.41) is 8.41. The van der Waals surface area contributed by atoms with Gasteiger partial charge in [0.15, 0.2) is 0 Å². The van der Waals surface area contributed by atoms with Gasteiger partial charge < -0.3 is 77.5 Å². The Hall–Kier alpha value is -2.11. The minimum atomic E-state index is -0.538. The molecule has 0 unspecified atom stereocenters. The Balaban J connectivity index is 4.25. The lowest BCUT2D eigenvalue weighted by Crippen LogP contribution is -2.43. The zero-order valence-electron chi connectivity index (χ0n) is 38.3. The lowest BCUT2D eigenvalue weighted by molar-refractivity contribution is -0.129. The molecule has 0 aromatic heterocycles. The van der Waals surface area contributed by atoms with Crippen LogP contribution in [0.15, 0.2) is 0 Å². The highest BCUT2D eigenvalue weighted by atomic mass is 16.6. The van der Waals surface area contributed by atoms with Crippen molar-refractivity contribution in [3.63, 3.8) is 0 Å². The molecular weight excluding hydrogens is 802 g/mol. The molecule has 0 heterocycles. The number of hydrogen-bond donors (Lipinski definition) is 3. The van der Waals surface area contributed by atoms with Gasteiger partial charge >= 0.3 is 0 Å². The van der Waals surface area contributed by atoms with Crippen molar-refractivity contribution in [2.45, 2.75) is 79.1 Å². The van der Waals surface area contributed by atoms with Gasteiger partial charge in [-0.3, -0.25) is 14.4 Å². The molecule has 362 valence electrons. The van der Waals surface area contributed by atoms with Crippen LogP contribution in [0.3, 0.4) is 0 Å². The highest BCUT2D eigenvalue weighted by molar-refractivity contribution is 5.77. The topological polar surface area (TPSA) is 207 Å². The second kappa shape index (κ2) is 45.9. The predicted molar refractivity (Wildman–Crippen MR) is 228 cm³/mol. The van der Waals surface area contributed by atoms with Crippen LogP contribution in [0.25, 0.3) is 0 Å². The second-order valence-corrected chi connectivity index (χ2v) is 14.6. The molecule has 0 saturated heterocycles. The average Bonchev–Trinajstić information content (AvgIpc) is 3.21. The molecule has 0 atom stereocenters. The molecule has 19 nitrogen and oxygen atoms in total. The highest BCUT2D eigenvalue weighted by Crippen LogP contribution is 1.99. The molecule has 0 bridgehead atoms. The average molecular weight is 886 g/mol. The Kier molecular flexibility index (Phi) is 44.3. The number of rotatable bonds is 48. The van der Waals surface area contributed by atoms with Gasteiger partial charge in [0, 0.05) is 32.5 Å². The van der Waals surface area contributed by atoms with Crippen LogP contribution in [0.4, 0.5) is 0 Å². The van der Waals surface area contributed by atoms with Crippen LogP contribution >= 0.6 is 0 Å². The minimum Gasteiger partial charge on any atom is -0.379 e. The molecule has 0 aliphatic rings. The monoisotopic (exact) mass is 886 g/mol. The SMILES string of the molecule is CC(C)CCOCCOCCOCC(=O)NC(COCCC(=O)NCCOCCOCCOCCOC(C)C)COCCC(=O)NCCOCCOCCOCCOC(C)C. The van der Waals surface area contributed by atoms with Crippen molar-refractivity contribution in [2.24, 2.45) is 5.92 Å². The van der Waals surface area contributed by atoms with Crippen molar-refractivity contribution >= 4 is 17.7 Å². The Morgan fingerprint density at radius 1 is 0.377 bits per heavy atom. The summed E-state index contributed by atoms with van der Waals surface area (Å²) in [6.45, 7) is 21.9. The van der Waals surface area contributed by atoms with E-state index in [0.717, 1.165) is 6.42 Å². The molecule has 0 aromatic rings. The fraction of sp³-hybridized carbons (Fsp3) is 0.929. The van der Waals surface area contributed by atoms with Crippen LogP contribution in [-0.2, 0) is 76.0 Å². The van der Waals surface area contributed by atoms with Crippen LogP contribution < -0.4 is 16.0 Å². The maximum absolute atomic E-state index is 12.6. The van der Waals surface area contributed by atoms with E-state index in [1.165, 1.54) is 0 Å². The standard InChI is InChI=1S/C42H83N3O16/c1-36(2)7-12-49-17-20-54-27-28-59-35-42(48)45-39(33-57-13-8-40(46)43-10-15-50-18-21-52-23-25-55-29-31-60-37(3)4)34-58-14-9-41(47)44-11-16-51-19-22-53-24-26-56-30-32-61-38(5)6/h36-39H,7-35H2,1-6H3,(H,43,46)(H,44,47)(H,45,48).